The van der Waals surface area contributed by atoms with Gasteiger partial charge in [0.05, 0.1) is 22.5 Å². The van der Waals surface area contributed by atoms with E-state index in [1.807, 2.05) is 6.92 Å². The molecule has 0 aliphatic rings. The first kappa shape index (κ1) is 16.2. The molecule has 0 atom stereocenters. The van der Waals surface area contributed by atoms with Gasteiger partial charge in [0.1, 0.15) is 11.4 Å². The molecule has 0 unspecified atom stereocenters. The number of rotatable bonds is 7. The Morgan fingerprint density at radius 1 is 1.04 bits per heavy atom. The molecule has 0 spiro atoms. The van der Waals surface area contributed by atoms with Crippen LogP contribution in [0.25, 0.3) is 0 Å². The van der Waals surface area contributed by atoms with Crippen LogP contribution in [0.4, 0.5) is 22.7 Å². The zero-order chi connectivity index (χ0) is 16.8. The van der Waals surface area contributed by atoms with E-state index in [2.05, 4.69) is 5.32 Å². The van der Waals surface area contributed by atoms with E-state index in [1.165, 1.54) is 12.1 Å². The molecule has 120 valence electrons. The number of benzene rings is 2. The quantitative estimate of drug-likeness (QED) is 0.610. The first-order valence-electron chi connectivity index (χ1n) is 6.94. The molecule has 0 aliphatic carbocycles. The Hall–Kier alpha value is -3.16. The highest BCUT2D eigenvalue weighted by Crippen LogP contribution is 2.31. The molecular weight excluding hydrogens is 302 g/mol. The molecule has 0 amide bonds. The van der Waals surface area contributed by atoms with Gasteiger partial charge in [-0.15, -0.1) is 0 Å². The average Bonchev–Trinajstić information content (AvgIpc) is 2.54. The summed E-state index contributed by atoms with van der Waals surface area (Å²) >= 11 is 0. The van der Waals surface area contributed by atoms with Gasteiger partial charge in [-0.05, 0) is 36.8 Å². The van der Waals surface area contributed by atoms with E-state index in [0.717, 1.165) is 12.5 Å². The van der Waals surface area contributed by atoms with Crippen LogP contribution in [0.15, 0.2) is 42.5 Å². The number of hydrogen-bond acceptors (Lipinski definition) is 6. The van der Waals surface area contributed by atoms with Crippen LogP contribution < -0.4 is 10.1 Å². The summed E-state index contributed by atoms with van der Waals surface area (Å²) in [6.07, 6.45) is 0.898. The van der Waals surface area contributed by atoms with E-state index in [1.54, 1.807) is 24.3 Å². The van der Waals surface area contributed by atoms with Crippen LogP contribution in [0.3, 0.4) is 0 Å². The molecule has 0 heterocycles. The van der Waals surface area contributed by atoms with E-state index >= 15 is 0 Å². The second kappa shape index (κ2) is 7.21. The lowest BCUT2D eigenvalue weighted by atomic mass is 10.2. The highest BCUT2D eigenvalue weighted by atomic mass is 16.6. The van der Waals surface area contributed by atoms with Crippen molar-refractivity contribution in [1.29, 1.82) is 0 Å². The van der Waals surface area contributed by atoms with Crippen molar-refractivity contribution in [3.63, 3.8) is 0 Å². The Labute approximate surface area is 132 Å². The van der Waals surface area contributed by atoms with Crippen LogP contribution >= 0.6 is 0 Å². The Bertz CT molecular complexity index is 716. The van der Waals surface area contributed by atoms with E-state index in [0.29, 0.717) is 18.0 Å². The fourth-order valence-electron chi connectivity index (χ4n) is 1.90. The zero-order valence-electron chi connectivity index (χ0n) is 12.4. The zero-order valence-corrected chi connectivity index (χ0v) is 12.4. The molecular formula is C15H15N3O5. The Kier molecular flexibility index (Phi) is 5.08. The largest absolute Gasteiger partial charge is 0.494 e. The van der Waals surface area contributed by atoms with Crippen molar-refractivity contribution in [2.45, 2.75) is 13.3 Å². The Morgan fingerprint density at radius 2 is 1.74 bits per heavy atom. The van der Waals surface area contributed by atoms with Gasteiger partial charge in [0, 0.05) is 11.8 Å². The maximum absolute atomic E-state index is 11.1. The van der Waals surface area contributed by atoms with Gasteiger partial charge in [0.25, 0.3) is 11.4 Å². The van der Waals surface area contributed by atoms with E-state index < -0.39 is 9.85 Å². The molecule has 0 aromatic heterocycles. The van der Waals surface area contributed by atoms with Gasteiger partial charge in [-0.25, -0.2) is 0 Å². The van der Waals surface area contributed by atoms with E-state index in [9.17, 15) is 20.2 Å². The maximum atomic E-state index is 11.1. The number of anilines is 2. The lowest BCUT2D eigenvalue weighted by Gasteiger charge is -2.09. The lowest BCUT2D eigenvalue weighted by Crippen LogP contribution is -1.99. The summed E-state index contributed by atoms with van der Waals surface area (Å²) in [5, 5.41) is 24.7. The topological polar surface area (TPSA) is 108 Å². The number of non-ortho nitro benzene ring substituents is 1. The Morgan fingerprint density at radius 3 is 2.30 bits per heavy atom. The predicted octanol–water partition coefficient (Wildman–Crippen LogP) is 4.04. The first-order chi connectivity index (χ1) is 11.0. The summed E-state index contributed by atoms with van der Waals surface area (Å²) in [6.45, 7) is 2.62. The molecule has 1 N–H and O–H groups in total. The predicted molar refractivity (Wildman–Crippen MR) is 85.3 cm³/mol. The Balaban J connectivity index is 2.22. The molecule has 8 nitrogen and oxygen atoms in total. The summed E-state index contributed by atoms with van der Waals surface area (Å²) in [6, 6.07) is 10.4. The van der Waals surface area contributed by atoms with Gasteiger partial charge >= 0.3 is 0 Å². The fourth-order valence-corrected chi connectivity index (χ4v) is 1.90. The van der Waals surface area contributed by atoms with Crippen LogP contribution in [0.1, 0.15) is 13.3 Å². The summed E-state index contributed by atoms with van der Waals surface area (Å²) in [5.41, 5.74) is 0.115. The number of nitrogens with one attached hydrogen (secondary N) is 1. The molecule has 2 aromatic rings. The lowest BCUT2D eigenvalue weighted by molar-refractivity contribution is -0.393. The van der Waals surface area contributed by atoms with Gasteiger partial charge in [-0.2, -0.15) is 0 Å². The molecule has 2 rings (SSSR count). The van der Waals surface area contributed by atoms with Crippen LogP contribution in [0, 0.1) is 20.2 Å². The molecule has 8 heteroatoms. The molecule has 0 bridgehead atoms. The molecule has 0 fully saturated rings. The summed E-state index contributed by atoms with van der Waals surface area (Å²) in [7, 11) is 0. The minimum absolute atomic E-state index is 0.183. The van der Waals surface area contributed by atoms with Crippen molar-refractivity contribution >= 4 is 22.7 Å². The van der Waals surface area contributed by atoms with E-state index in [-0.39, 0.29) is 17.1 Å². The van der Waals surface area contributed by atoms with Crippen LogP contribution in [-0.4, -0.2) is 16.5 Å². The van der Waals surface area contributed by atoms with Crippen LogP contribution in [-0.2, 0) is 0 Å². The summed E-state index contributed by atoms with van der Waals surface area (Å²) in [4.78, 5) is 20.5. The van der Waals surface area contributed by atoms with Crippen molar-refractivity contribution in [1.82, 2.24) is 0 Å². The van der Waals surface area contributed by atoms with Gasteiger partial charge in [0.15, 0.2) is 0 Å². The SMILES string of the molecule is CCCOc1ccc(Nc2ccc([N+](=O)[O-])cc2[N+](=O)[O-])cc1. The highest BCUT2D eigenvalue weighted by molar-refractivity contribution is 5.71. The second-order valence-electron chi connectivity index (χ2n) is 4.71. The van der Waals surface area contributed by atoms with Gasteiger partial charge < -0.3 is 10.1 Å². The fraction of sp³-hybridized carbons (Fsp3) is 0.200. The van der Waals surface area contributed by atoms with Crippen molar-refractivity contribution in [2.75, 3.05) is 11.9 Å². The van der Waals surface area contributed by atoms with Crippen molar-refractivity contribution in [2.24, 2.45) is 0 Å². The van der Waals surface area contributed by atoms with Crippen LogP contribution in [0.2, 0.25) is 0 Å². The summed E-state index contributed by atoms with van der Waals surface area (Å²) in [5.74, 6) is 0.704. The molecule has 23 heavy (non-hydrogen) atoms. The summed E-state index contributed by atoms with van der Waals surface area (Å²) < 4.78 is 5.45. The monoisotopic (exact) mass is 317 g/mol. The number of nitro benzene ring substituents is 2. The number of nitrogens with zero attached hydrogens (tertiary/aromatic N) is 2. The molecule has 0 saturated heterocycles. The first-order valence-corrected chi connectivity index (χ1v) is 6.94. The minimum atomic E-state index is -0.670. The van der Waals surface area contributed by atoms with Gasteiger partial charge in [-0.1, -0.05) is 6.92 Å². The van der Waals surface area contributed by atoms with Crippen molar-refractivity contribution in [3.05, 3.63) is 62.7 Å². The van der Waals surface area contributed by atoms with Gasteiger partial charge in [-0.3, -0.25) is 20.2 Å². The molecule has 2 aromatic carbocycles. The second-order valence-corrected chi connectivity index (χ2v) is 4.71. The highest BCUT2D eigenvalue weighted by Gasteiger charge is 2.19. The molecule has 0 saturated carbocycles. The number of hydrogen-bond donors (Lipinski definition) is 1. The maximum Gasteiger partial charge on any atom is 0.299 e. The standard InChI is InChI=1S/C15H15N3O5/c1-2-9-23-13-6-3-11(4-7-13)16-14-8-5-12(17(19)20)10-15(14)18(21)22/h3-8,10,16H,2,9H2,1H3. The average molecular weight is 317 g/mol. The van der Waals surface area contributed by atoms with Gasteiger partial charge in [0.2, 0.25) is 0 Å². The van der Waals surface area contributed by atoms with E-state index in [4.69, 9.17) is 4.74 Å². The molecule has 0 radical (unpaired) electrons. The third-order valence-corrected chi connectivity index (χ3v) is 3.00. The molecule has 0 aliphatic heterocycles. The third-order valence-electron chi connectivity index (χ3n) is 3.00. The van der Waals surface area contributed by atoms with Crippen molar-refractivity contribution < 1.29 is 14.6 Å². The number of ether oxygens (including phenoxy) is 1. The normalized spacial score (nSPS) is 10.1. The number of nitro groups is 2. The minimum Gasteiger partial charge on any atom is -0.494 e. The van der Waals surface area contributed by atoms with Crippen molar-refractivity contribution in [3.8, 4) is 5.75 Å². The third kappa shape index (κ3) is 4.16. The smallest absolute Gasteiger partial charge is 0.299 e. The van der Waals surface area contributed by atoms with Crippen LogP contribution in [0.5, 0.6) is 5.75 Å².